The molecule has 0 heterocycles. The molecule has 16 heavy (non-hydrogen) atoms. The van der Waals surface area contributed by atoms with Crippen LogP contribution < -0.4 is 5.73 Å². The fraction of sp³-hybridized carbons (Fsp3) is 0.571. The predicted octanol–water partition coefficient (Wildman–Crippen LogP) is 3.26. The summed E-state index contributed by atoms with van der Waals surface area (Å²) in [5.74, 6) is 0. The molecule has 0 bridgehead atoms. The van der Waals surface area contributed by atoms with E-state index in [9.17, 15) is 0 Å². The number of aryl methyl sites for hydroxylation is 2. The lowest BCUT2D eigenvalue weighted by atomic mass is 10.1. The first-order chi connectivity index (χ1) is 7.65. The molecule has 0 saturated carbocycles. The van der Waals surface area contributed by atoms with Gasteiger partial charge >= 0.3 is 0 Å². The van der Waals surface area contributed by atoms with Gasteiger partial charge in [0.2, 0.25) is 0 Å². The molecule has 0 fully saturated rings. The van der Waals surface area contributed by atoms with Crippen LogP contribution in [0.5, 0.6) is 0 Å². The second-order valence-electron chi connectivity index (χ2n) is 3.53. The summed E-state index contributed by atoms with van der Waals surface area (Å²) in [6, 6.07) is 8.61. The van der Waals surface area contributed by atoms with Crippen LogP contribution in [0.25, 0.3) is 0 Å². The summed E-state index contributed by atoms with van der Waals surface area (Å²) >= 11 is 0. The maximum Gasteiger partial charge on any atom is 0.0906 e. The van der Waals surface area contributed by atoms with Gasteiger partial charge in [0.05, 0.1) is 6.73 Å². The Morgan fingerprint density at radius 2 is 1.62 bits per heavy atom. The van der Waals surface area contributed by atoms with Crippen molar-refractivity contribution in [2.24, 2.45) is 5.73 Å². The van der Waals surface area contributed by atoms with E-state index >= 15 is 0 Å². The standard InChI is InChI=1S/C9H12.C4H10.CH5NO/c1-3-9-6-4-5-8(2)7-9;1-3-4-2;2-1-3/h4-7H,3H2,1-2H3;3-4H2,1-2H3;3H,1-2H2. The lowest BCUT2D eigenvalue weighted by Crippen LogP contribution is -1.92. The molecule has 0 unspecified atom stereocenters. The predicted molar refractivity (Wildman–Crippen MR) is 72.4 cm³/mol. The van der Waals surface area contributed by atoms with Crippen LogP contribution in [0, 0.1) is 6.92 Å². The molecular weight excluding hydrogens is 198 g/mol. The van der Waals surface area contributed by atoms with Gasteiger partial charge in [-0.3, -0.25) is 0 Å². The third-order valence-electron chi connectivity index (χ3n) is 1.99. The zero-order valence-electron chi connectivity index (χ0n) is 11.2. The summed E-state index contributed by atoms with van der Waals surface area (Å²) in [4.78, 5) is 0. The van der Waals surface area contributed by atoms with Crippen molar-refractivity contribution in [3.8, 4) is 0 Å². The molecule has 0 atom stereocenters. The third-order valence-corrected chi connectivity index (χ3v) is 1.99. The summed E-state index contributed by atoms with van der Waals surface area (Å²) in [7, 11) is 0. The smallest absolute Gasteiger partial charge is 0.0906 e. The maximum absolute atomic E-state index is 7.35. The maximum atomic E-state index is 7.35. The van der Waals surface area contributed by atoms with Crippen LogP contribution in [-0.4, -0.2) is 11.8 Å². The molecule has 0 radical (unpaired) electrons. The van der Waals surface area contributed by atoms with Crippen molar-refractivity contribution in [2.75, 3.05) is 6.73 Å². The van der Waals surface area contributed by atoms with E-state index in [1.165, 1.54) is 24.0 Å². The van der Waals surface area contributed by atoms with Crippen LogP contribution in [0.2, 0.25) is 0 Å². The fourth-order valence-electron chi connectivity index (χ4n) is 0.932. The van der Waals surface area contributed by atoms with E-state index in [1.807, 2.05) is 0 Å². The number of benzene rings is 1. The molecule has 0 aliphatic carbocycles. The Balaban J connectivity index is 0. The van der Waals surface area contributed by atoms with Crippen molar-refractivity contribution in [3.63, 3.8) is 0 Å². The average Bonchev–Trinajstić information content (AvgIpc) is 2.30. The van der Waals surface area contributed by atoms with E-state index in [1.54, 1.807) is 0 Å². The molecule has 3 N–H and O–H groups in total. The lowest BCUT2D eigenvalue weighted by molar-refractivity contribution is 0.307. The van der Waals surface area contributed by atoms with Gasteiger partial charge in [0.25, 0.3) is 0 Å². The van der Waals surface area contributed by atoms with Gasteiger partial charge < -0.3 is 10.8 Å². The minimum absolute atomic E-state index is 0.250. The van der Waals surface area contributed by atoms with Crippen molar-refractivity contribution in [1.82, 2.24) is 0 Å². The second-order valence-corrected chi connectivity index (χ2v) is 3.53. The number of aliphatic hydroxyl groups excluding tert-OH is 1. The molecule has 1 rings (SSSR count). The normalized spacial score (nSPS) is 8.38. The van der Waals surface area contributed by atoms with Crippen LogP contribution in [-0.2, 0) is 6.42 Å². The average molecular weight is 225 g/mol. The van der Waals surface area contributed by atoms with Crippen molar-refractivity contribution < 1.29 is 5.11 Å². The highest BCUT2D eigenvalue weighted by molar-refractivity contribution is 5.21. The molecule has 0 spiro atoms. The third kappa shape index (κ3) is 13.1. The first-order valence-electron chi connectivity index (χ1n) is 6.02. The quantitative estimate of drug-likeness (QED) is 0.759. The van der Waals surface area contributed by atoms with Gasteiger partial charge in [-0.05, 0) is 18.9 Å². The van der Waals surface area contributed by atoms with E-state index in [2.05, 4.69) is 57.7 Å². The van der Waals surface area contributed by atoms with Crippen molar-refractivity contribution in [1.29, 1.82) is 0 Å². The zero-order chi connectivity index (χ0) is 12.8. The zero-order valence-corrected chi connectivity index (χ0v) is 11.2. The summed E-state index contributed by atoms with van der Waals surface area (Å²) in [6.07, 6.45) is 3.78. The Labute approximate surface area is 100 Å². The fourth-order valence-corrected chi connectivity index (χ4v) is 0.932. The van der Waals surface area contributed by atoms with Crippen LogP contribution >= 0.6 is 0 Å². The van der Waals surface area contributed by atoms with E-state index in [0.717, 1.165) is 6.42 Å². The Bertz CT molecular complexity index is 234. The number of nitrogens with two attached hydrogens (primary N) is 1. The highest BCUT2D eigenvalue weighted by Gasteiger charge is 1.85. The van der Waals surface area contributed by atoms with Crippen LogP contribution in [0.1, 0.15) is 44.7 Å². The number of hydrogen-bond acceptors (Lipinski definition) is 2. The first kappa shape index (κ1) is 17.5. The lowest BCUT2D eigenvalue weighted by Gasteiger charge is -1.95. The van der Waals surface area contributed by atoms with E-state index in [-0.39, 0.29) is 6.73 Å². The summed E-state index contributed by atoms with van der Waals surface area (Å²) in [6.45, 7) is 8.41. The van der Waals surface area contributed by atoms with Gasteiger partial charge in [0, 0.05) is 0 Å². The number of unbranched alkanes of at least 4 members (excludes halogenated alkanes) is 1. The van der Waals surface area contributed by atoms with Crippen molar-refractivity contribution >= 4 is 0 Å². The van der Waals surface area contributed by atoms with Gasteiger partial charge in [-0.1, -0.05) is 63.4 Å². The minimum atomic E-state index is -0.250. The Kier molecular flexibility index (Phi) is 15.5. The van der Waals surface area contributed by atoms with Crippen molar-refractivity contribution in [3.05, 3.63) is 35.4 Å². The second kappa shape index (κ2) is 14.1. The first-order valence-corrected chi connectivity index (χ1v) is 6.02. The van der Waals surface area contributed by atoms with Gasteiger partial charge in [-0.15, -0.1) is 0 Å². The molecule has 0 saturated heterocycles. The molecule has 0 aliphatic rings. The number of hydrogen-bond donors (Lipinski definition) is 2. The molecule has 2 heteroatoms. The number of aliphatic hydroxyl groups is 1. The molecule has 1 aromatic rings. The van der Waals surface area contributed by atoms with Gasteiger partial charge in [-0.25, -0.2) is 0 Å². The summed E-state index contributed by atoms with van der Waals surface area (Å²) in [5, 5.41) is 7.35. The molecule has 0 aliphatic heterocycles. The van der Waals surface area contributed by atoms with Gasteiger partial charge in [0.1, 0.15) is 0 Å². The highest BCUT2D eigenvalue weighted by Crippen LogP contribution is 2.03. The van der Waals surface area contributed by atoms with Gasteiger partial charge in [-0.2, -0.15) is 0 Å². The minimum Gasteiger partial charge on any atom is -0.382 e. The molecular formula is C14H27NO. The van der Waals surface area contributed by atoms with Crippen molar-refractivity contribution in [2.45, 2.75) is 47.0 Å². The topological polar surface area (TPSA) is 46.2 Å². The molecule has 0 aromatic heterocycles. The van der Waals surface area contributed by atoms with E-state index in [4.69, 9.17) is 5.11 Å². The largest absolute Gasteiger partial charge is 0.382 e. The van der Waals surface area contributed by atoms with E-state index in [0.29, 0.717) is 0 Å². The Morgan fingerprint density at radius 3 is 1.88 bits per heavy atom. The van der Waals surface area contributed by atoms with Crippen LogP contribution in [0.15, 0.2) is 24.3 Å². The molecule has 94 valence electrons. The van der Waals surface area contributed by atoms with Crippen LogP contribution in [0.3, 0.4) is 0 Å². The SMILES string of the molecule is CCCC.CCc1cccc(C)c1.NCO. The van der Waals surface area contributed by atoms with E-state index < -0.39 is 0 Å². The molecule has 1 aromatic carbocycles. The summed E-state index contributed by atoms with van der Waals surface area (Å²) < 4.78 is 0. The van der Waals surface area contributed by atoms with Crippen LogP contribution in [0.4, 0.5) is 0 Å². The van der Waals surface area contributed by atoms with Gasteiger partial charge in [0.15, 0.2) is 0 Å². The highest BCUT2D eigenvalue weighted by atomic mass is 16.3. The Morgan fingerprint density at radius 1 is 1.12 bits per heavy atom. The monoisotopic (exact) mass is 225 g/mol. The molecule has 2 nitrogen and oxygen atoms in total. The Hall–Kier alpha value is -0.860. The summed E-state index contributed by atoms with van der Waals surface area (Å²) in [5.41, 5.74) is 7.18. The number of rotatable bonds is 2. The molecule has 0 amide bonds.